The molecule has 0 unspecified atom stereocenters. The Morgan fingerprint density at radius 3 is 2.44 bits per heavy atom. The number of nitrogens with zero attached hydrogens (tertiary/aromatic N) is 1. The first-order chi connectivity index (χ1) is 12.8. The van der Waals surface area contributed by atoms with Gasteiger partial charge in [0.05, 0.1) is 10.5 Å². The molecule has 0 aliphatic heterocycles. The van der Waals surface area contributed by atoms with Crippen LogP contribution in [0.2, 0.25) is 0 Å². The van der Waals surface area contributed by atoms with Crippen LogP contribution in [-0.2, 0) is 17.1 Å². The first-order valence-electron chi connectivity index (χ1n) is 8.79. The number of aromatic nitrogens is 1. The van der Waals surface area contributed by atoms with Crippen LogP contribution in [0.3, 0.4) is 0 Å². The molecule has 142 valence electrons. The second-order valence-electron chi connectivity index (χ2n) is 6.61. The van der Waals surface area contributed by atoms with Crippen LogP contribution in [0, 0.1) is 0 Å². The summed E-state index contributed by atoms with van der Waals surface area (Å²) in [5.41, 5.74) is 4.68. The van der Waals surface area contributed by atoms with Crippen LogP contribution in [-0.4, -0.2) is 18.9 Å². The van der Waals surface area contributed by atoms with Gasteiger partial charge in [-0.1, -0.05) is 44.2 Å². The molecule has 1 amide bonds. The van der Waals surface area contributed by atoms with Crippen LogP contribution in [0.25, 0.3) is 10.9 Å². The highest BCUT2D eigenvalue weighted by atomic mass is 32.2. The van der Waals surface area contributed by atoms with Crippen molar-refractivity contribution < 1.29 is 13.2 Å². The fourth-order valence-corrected chi connectivity index (χ4v) is 3.81. The Labute approximate surface area is 159 Å². The van der Waals surface area contributed by atoms with Crippen LogP contribution >= 0.6 is 0 Å². The number of carbonyl (C=O) groups is 1. The van der Waals surface area contributed by atoms with Gasteiger partial charge in [-0.15, -0.1) is 4.83 Å². The largest absolute Gasteiger partial charge is 0.350 e. The second kappa shape index (κ2) is 7.54. The quantitative estimate of drug-likeness (QED) is 0.639. The number of hydrazine groups is 1. The molecular weight excluding hydrogens is 362 g/mol. The average Bonchev–Trinajstić information content (AvgIpc) is 3.03. The SMILES string of the molecule is CC[C@@H](C)c1ccc(S(=O)(=O)NNC(=O)c2cn(C)c3ccccc23)cc1. The van der Waals surface area contributed by atoms with E-state index in [4.69, 9.17) is 0 Å². The Bertz CT molecular complexity index is 1070. The van der Waals surface area contributed by atoms with Gasteiger partial charge in [-0.2, -0.15) is 0 Å². The fraction of sp³-hybridized carbons (Fsp3) is 0.250. The molecule has 1 aromatic heterocycles. The van der Waals surface area contributed by atoms with Crippen molar-refractivity contribution in [2.75, 3.05) is 0 Å². The van der Waals surface area contributed by atoms with Crippen molar-refractivity contribution in [2.45, 2.75) is 31.1 Å². The number of rotatable bonds is 6. The highest BCUT2D eigenvalue weighted by Crippen LogP contribution is 2.21. The summed E-state index contributed by atoms with van der Waals surface area (Å²) in [5, 5.41) is 0.759. The van der Waals surface area contributed by atoms with Gasteiger partial charge in [0.2, 0.25) is 0 Å². The Morgan fingerprint density at radius 2 is 1.78 bits per heavy atom. The van der Waals surface area contributed by atoms with Crippen molar-refractivity contribution in [3.63, 3.8) is 0 Å². The molecule has 0 spiro atoms. The molecule has 1 heterocycles. The number of nitrogens with one attached hydrogen (secondary N) is 2. The molecule has 1 atom stereocenters. The number of benzene rings is 2. The van der Waals surface area contributed by atoms with Gasteiger partial charge in [-0.3, -0.25) is 10.2 Å². The first-order valence-corrected chi connectivity index (χ1v) is 10.3. The summed E-state index contributed by atoms with van der Waals surface area (Å²) < 4.78 is 26.7. The molecular formula is C20H23N3O3S. The number of sulfonamides is 1. The number of amides is 1. The highest BCUT2D eigenvalue weighted by molar-refractivity contribution is 7.89. The molecule has 6 nitrogen and oxygen atoms in total. The van der Waals surface area contributed by atoms with Crippen LogP contribution in [0.1, 0.15) is 42.1 Å². The van der Waals surface area contributed by atoms with E-state index in [2.05, 4.69) is 24.1 Å². The summed E-state index contributed by atoms with van der Waals surface area (Å²) in [5.74, 6) is -0.146. The van der Waals surface area contributed by atoms with Gasteiger partial charge < -0.3 is 4.57 Å². The van der Waals surface area contributed by atoms with Gasteiger partial charge in [-0.05, 0) is 36.1 Å². The van der Waals surface area contributed by atoms with Crippen LogP contribution in [0.15, 0.2) is 59.6 Å². The summed E-state index contributed by atoms with van der Waals surface area (Å²) in [6.07, 6.45) is 2.65. The van der Waals surface area contributed by atoms with Crippen molar-refractivity contribution in [1.82, 2.24) is 14.8 Å². The van der Waals surface area contributed by atoms with Gasteiger partial charge in [0.15, 0.2) is 0 Å². The molecule has 27 heavy (non-hydrogen) atoms. The Morgan fingerprint density at radius 1 is 1.11 bits per heavy atom. The Hall–Kier alpha value is -2.64. The standard InChI is InChI=1S/C20H23N3O3S/c1-4-14(2)15-9-11-16(12-10-15)27(25,26)22-21-20(24)18-13-23(3)19-8-6-5-7-17(18)19/h5-14,22H,4H2,1-3H3,(H,21,24)/t14-/m1/s1. The lowest BCUT2D eigenvalue weighted by atomic mass is 9.99. The molecule has 0 bridgehead atoms. The maximum absolute atomic E-state index is 12.5. The smallest absolute Gasteiger partial charge is 0.268 e. The van der Waals surface area contributed by atoms with E-state index in [9.17, 15) is 13.2 Å². The first kappa shape index (κ1) is 19.1. The van der Waals surface area contributed by atoms with E-state index in [1.165, 1.54) is 0 Å². The zero-order valence-electron chi connectivity index (χ0n) is 15.6. The lowest BCUT2D eigenvalue weighted by Gasteiger charge is -2.11. The number of fused-ring (bicyclic) bond motifs is 1. The normalized spacial score (nSPS) is 12.9. The maximum Gasteiger partial charge on any atom is 0.268 e. The average molecular weight is 385 g/mol. The van der Waals surface area contributed by atoms with E-state index in [0.29, 0.717) is 11.5 Å². The third-order valence-corrected chi connectivity index (χ3v) is 6.08. The molecule has 7 heteroatoms. The van der Waals surface area contributed by atoms with Gasteiger partial charge in [0, 0.05) is 24.1 Å². The molecule has 0 aliphatic carbocycles. The van der Waals surface area contributed by atoms with E-state index in [1.54, 1.807) is 30.5 Å². The monoisotopic (exact) mass is 385 g/mol. The molecule has 2 N–H and O–H groups in total. The second-order valence-corrected chi connectivity index (χ2v) is 8.29. The lowest BCUT2D eigenvalue weighted by Crippen LogP contribution is -2.41. The molecule has 2 aromatic carbocycles. The maximum atomic E-state index is 12.5. The van der Waals surface area contributed by atoms with Gasteiger partial charge in [-0.25, -0.2) is 8.42 Å². The Kier molecular flexibility index (Phi) is 5.34. The summed E-state index contributed by atoms with van der Waals surface area (Å²) in [7, 11) is -2.01. The van der Waals surface area contributed by atoms with Gasteiger partial charge in [0.1, 0.15) is 0 Å². The number of carbonyl (C=O) groups excluding carboxylic acids is 1. The lowest BCUT2D eigenvalue weighted by molar-refractivity contribution is 0.0946. The predicted octanol–water partition coefficient (Wildman–Crippen LogP) is 3.32. The minimum atomic E-state index is -3.85. The third kappa shape index (κ3) is 3.89. The number of hydrogen-bond donors (Lipinski definition) is 2. The molecule has 0 saturated heterocycles. The molecule has 0 aliphatic rings. The Balaban J connectivity index is 1.75. The van der Waals surface area contributed by atoms with Crippen molar-refractivity contribution in [3.05, 3.63) is 65.9 Å². The van der Waals surface area contributed by atoms with Crippen molar-refractivity contribution >= 4 is 26.8 Å². The summed E-state index contributed by atoms with van der Waals surface area (Å²) in [6.45, 7) is 4.17. The molecule has 0 fully saturated rings. The van der Waals surface area contributed by atoms with Crippen molar-refractivity contribution in [1.29, 1.82) is 0 Å². The van der Waals surface area contributed by atoms with Crippen LogP contribution in [0.4, 0.5) is 0 Å². The summed E-state index contributed by atoms with van der Waals surface area (Å²) in [6, 6.07) is 14.1. The zero-order chi connectivity index (χ0) is 19.6. The van der Waals surface area contributed by atoms with Crippen LogP contribution in [0.5, 0.6) is 0 Å². The predicted molar refractivity (Wildman–Crippen MR) is 106 cm³/mol. The molecule has 3 aromatic rings. The molecule has 0 radical (unpaired) electrons. The summed E-state index contributed by atoms with van der Waals surface area (Å²) >= 11 is 0. The molecule has 3 rings (SSSR count). The van der Waals surface area contributed by atoms with Gasteiger partial charge >= 0.3 is 0 Å². The summed E-state index contributed by atoms with van der Waals surface area (Å²) in [4.78, 5) is 14.8. The van der Waals surface area contributed by atoms with Crippen molar-refractivity contribution in [2.24, 2.45) is 7.05 Å². The number of aryl methyl sites for hydroxylation is 1. The van der Waals surface area contributed by atoms with E-state index in [1.807, 2.05) is 35.9 Å². The third-order valence-electron chi connectivity index (χ3n) is 4.81. The number of hydrogen-bond acceptors (Lipinski definition) is 3. The van der Waals surface area contributed by atoms with Gasteiger partial charge in [0.25, 0.3) is 15.9 Å². The highest BCUT2D eigenvalue weighted by Gasteiger charge is 2.18. The topological polar surface area (TPSA) is 80.2 Å². The van der Waals surface area contributed by atoms with E-state index < -0.39 is 15.9 Å². The molecule has 0 saturated carbocycles. The van der Waals surface area contributed by atoms with E-state index in [0.717, 1.165) is 22.9 Å². The number of para-hydroxylation sites is 1. The van der Waals surface area contributed by atoms with Crippen LogP contribution < -0.4 is 10.3 Å². The van der Waals surface area contributed by atoms with E-state index in [-0.39, 0.29) is 4.90 Å². The fourth-order valence-electron chi connectivity index (χ4n) is 2.97. The zero-order valence-corrected chi connectivity index (χ0v) is 16.4. The minimum Gasteiger partial charge on any atom is -0.350 e. The minimum absolute atomic E-state index is 0.104. The van der Waals surface area contributed by atoms with E-state index >= 15 is 0 Å². The van der Waals surface area contributed by atoms with Crippen molar-refractivity contribution in [3.8, 4) is 0 Å².